The molecule has 0 spiro atoms. The lowest BCUT2D eigenvalue weighted by Gasteiger charge is -2.20. The van der Waals surface area contributed by atoms with Crippen LogP contribution < -0.4 is 0 Å². The van der Waals surface area contributed by atoms with E-state index in [-0.39, 0.29) is 18.2 Å². The Morgan fingerprint density at radius 3 is 2.50 bits per heavy atom. The molecule has 0 bridgehead atoms. The van der Waals surface area contributed by atoms with Crippen molar-refractivity contribution in [2.24, 2.45) is 0 Å². The van der Waals surface area contributed by atoms with Crippen LogP contribution in [0.4, 0.5) is 4.39 Å². The van der Waals surface area contributed by atoms with Gasteiger partial charge in [0.15, 0.2) is 0 Å². The maximum Gasteiger partial charge on any atom is 0.129 e. The summed E-state index contributed by atoms with van der Waals surface area (Å²) in [6.45, 7) is -0.460. The van der Waals surface area contributed by atoms with Crippen molar-refractivity contribution in [2.75, 3.05) is 19.7 Å². The first kappa shape index (κ1) is 22.8. The Morgan fingerprint density at radius 2 is 2.00 bits per heavy atom. The van der Waals surface area contributed by atoms with E-state index in [1.54, 1.807) is 28.6 Å². The van der Waals surface area contributed by atoms with E-state index >= 15 is 0 Å². The van der Waals surface area contributed by atoms with Crippen LogP contribution in [0.15, 0.2) is 52.3 Å². The SMILES string of the molecule is N#Cc1ccc(S)cc1.O=S(c1ccc(CF)cc1Cl)N1CCC(O)(CO)C1. The second-order valence-corrected chi connectivity index (χ2v) is 8.68. The van der Waals surface area contributed by atoms with Gasteiger partial charge in [-0.3, -0.25) is 0 Å². The Labute approximate surface area is 176 Å². The molecule has 3 rings (SSSR count). The molecule has 2 aromatic rings. The number of hydrogen-bond acceptors (Lipinski definition) is 5. The molecule has 28 heavy (non-hydrogen) atoms. The van der Waals surface area contributed by atoms with Gasteiger partial charge in [0.25, 0.3) is 0 Å². The van der Waals surface area contributed by atoms with Crippen LogP contribution in [0.3, 0.4) is 0 Å². The standard InChI is InChI=1S/C12H15ClFNO3S.C7H5NS/c13-10-5-9(6-14)1-2-11(10)19(18)15-4-3-12(17,7-15)8-16;8-5-6-1-3-7(9)4-2-6/h1-2,5,16-17H,3-4,6-8H2;1-4,9H. The molecule has 1 heterocycles. The van der Waals surface area contributed by atoms with Gasteiger partial charge in [0, 0.05) is 18.0 Å². The van der Waals surface area contributed by atoms with Crippen LogP contribution >= 0.6 is 24.2 Å². The molecule has 1 saturated heterocycles. The van der Waals surface area contributed by atoms with Crippen molar-refractivity contribution in [3.63, 3.8) is 0 Å². The summed E-state index contributed by atoms with van der Waals surface area (Å²) in [5.74, 6) is 0. The summed E-state index contributed by atoms with van der Waals surface area (Å²) < 4.78 is 26.4. The largest absolute Gasteiger partial charge is 0.393 e. The normalized spacial score (nSPS) is 20.1. The number of β-amino-alcohol motifs (C(OH)–C–C–N with tert-alkyl or cyclic N) is 1. The number of hydrogen-bond donors (Lipinski definition) is 3. The van der Waals surface area contributed by atoms with Gasteiger partial charge in [-0.1, -0.05) is 17.7 Å². The van der Waals surface area contributed by atoms with Crippen LogP contribution in [-0.2, 0) is 17.7 Å². The lowest BCUT2D eigenvalue weighted by Crippen LogP contribution is -2.37. The van der Waals surface area contributed by atoms with E-state index in [1.165, 1.54) is 18.2 Å². The Hall–Kier alpha value is -1.47. The van der Waals surface area contributed by atoms with Crippen molar-refractivity contribution in [2.45, 2.75) is 28.5 Å². The molecular formula is C19H20ClFN2O3S2. The molecule has 2 aromatic carbocycles. The zero-order valence-corrected chi connectivity index (χ0v) is 17.4. The Bertz CT molecular complexity index is 876. The van der Waals surface area contributed by atoms with E-state index in [2.05, 4.69) is 12.6 Å². The fourth-order valence-electron chi connectivity index (χ4n) is 2.53. The van der Waals surface area contributed by atoms with E-state index < -0.39 is 23.3 Å². The maximum absolute atomic E-state index is 12.5. The highest BCUT2D eigenvalue weighted by molar-refractivity contribution is 7.82. The second-order valence-electron chi connectivity index (χ2n) is 6.30. The van der Waals surface area contributed by atoms with Crippen LogP contribution in [0.1, 0.15) is 17.5 Å². The molecule has 0 amide bonds. The molecule has 5 nitrogen and oxygen atoms in total. The van der Waals surface area contributed by atoms with Gasteiger partial charge in [-0.25, -0.2) is 12.9 Å². The first-order chi connectivity index (χ1) is 13.3. The van der Waals surface area contributed by atoms with Crippen molar-refractivity contribution in [1.82, 2.24) is 4.31 Å². The van der Waals surface area contributed by atoms with Gasteiger partial charge in [-0.15, -0.1) is 12.6 Å². The summed E-state index contributed by atoms with van der Waals surface area (Å²) in [5, 5.41) is 27.6. The highest BCUT2D eigenvalue weighted by Crippen LogP contribution is 2.28. The van der Waals surface area contributed by atoms with Crippen molar-refractivity contribution < 1.29 is 18.8 Å². The van der Waals surface area contributed by atoms with Crippen molar-refractivity contribution in [3.05, 3.63) is 58.6 Å². The number of nitriles is 1. The van der Waals surface area contributed by atoms with Gasteiger partial charge in [-0.05, 0) is 48.4 Å². The minimum absolute atomic E-state index is 0.122. The quantitative estimate of drug-likeness (QED) is 0.635. The average Bonchev–Trinajstić information content (AvgIpc) is 3.11. The molecule has 1 aliphatic heterocycles. The topological polar surface area (TPSA) is 84.6 Å². The number of alkyl halides is 1. The Kier molecular flexibility index (Phi) is 8.43. The molecule has 1 aliphatic rings. The third-order valence-electron chi connectivity index (χ3n) is 4.16. The fraction of sp³-hybridized carbons (Fsp3) is 0.316. The third-order valence-corrected chi connectivity index (χ3v) is 6.40. The zero-order chi connectivity index (χ0) is 20.7. The summed E-state index contributed by atoms with van der Waals surface area (Å²) in [4.78, 5) is 1.27. The number of rotatable bonds is 4. The highest BCUT2D eigenvalue weighted by Gasteiger charge is 2.38. The van der Waals surface area contributed by atoms with E-state index in [4.69, 9.17) is 22.0 Å². The number of thiol groups is 1. The summed E-state index contributed by atoms with van der Waals surface area (Å²) in [7, 11) is -1.52. The highest BCUT2D eigenvalue weighted by atomic mass is 35.5. The average molecular weight is 443 g/mol. The minimum Gasteiger partial charge on any atom is -0.393 e. The minimum atomic E-state index is -1.52. The number of aliphatic hydroxyl groups is 2. The summed E-state index contributed by atoms with van der Waals surface area (Å²) >= 11 is 10.0. The summed E-state index contributed by atoms with van der Waals surface area (Å²) in [6.07, 6.45) is 0.357. The Balaban J connectivity index is 0.000000261. The van der Waals surface area contributed by atoms with E-state index in [1.807, 2.05) is 6.07 Å². The first-order valence-corrected chi connectivity index (χ1v) is 10.3. The lowest BCUT2D eigenvalue weighted by atomic mass is 10.1. The van der Waals surface area contributed by atoms with Gasteiger partial charge in [0.05, 0.1) is 28.2 Å². The number of aliphatic hydroxyl groups excluding tert-OH is 1. The number of benzene rings is 2. The smallest absolute Gasteiger partial charge is 0.129 e. The van der Waals surface area contributed by atoms with E-state index in [9.17, 15) is 13.7 Å². The predicted molar refractivity (Wildman–Crippen MR) is 109 cm³/mol. The molecule has 150 valence electrons. The van der Waals surface area contributed by atoms with Crippen molar-refractivity contribution in [3.8, 4) is 6.07 Å². The molecule has 0 aliphatic carbocycles. The van der Waals surface area contributed by atoms with Crippen LogP contribution in [0, 0.1) is 11.3 Å². The molecule has 9 heteroatoms. The molecule has 0 aromatic heterocycles. The van der Waals surface area contributed by atoms with Crippen LogP contribution in [0.5, 0.6) is 0 Å². The molecule has 2 atom stereocenters. The number of halogens is 2. The van der Waals surface area contributed by atoms with Gasteiger partial charge >= 0.3 is 0 Å². The van der Waals surface area contributed by atoms with Crippen LogP contribution in [-0.4, -0.2) is 44.0 Å². The van der Waals surface area contributed by atoms with E-state index in [0.717, 1.165) is 4.90 Å². The van der Waals surface area contributed by atoms with Crippen molar-refractivity contribution in [1.29, 1.82) is 5.26 Å². The van der Waals surface area contributed by atoms with Gasteiger partial charge in [0.2, 0.25) is 0 Å². The van der Waals surface area contributed by atoms with Crippen LogP contribution in [0.2, 0.25) is 5.02 Å². The first-order valence-electron chi connectivity index (χ1n) is 8.35. The van der Waals surface area contributed by atoms with Gasteiger partial charge in [0.1, 0.15) is 23.3 Å². The molecule has 0 radical (unpaired) electrons. The fourth-order valence-corrected chi connectivity index (χ4v) is 4.39. The maximum atomic E-state index is 12.5. The van der Waals surface area contributed by atoms with Crippen LogP contribution in [0.25, 0.3) is 0 Å². The van der Waals surface area contributed by atoms with E-state index in [0.29, 0.717) is 29.0 Å². The second kappa shape index (κ2) is 10.3. The van der Waals surface area contributed by atoms with Crippen molar-refractivity contribution >= 4 is 35.2 Å². The van der Waals surface area contributed by atoms with Gasteiger partial charge < -0.3 is 10.2 Å². The summed E-state index contributed by atoms with van der Waals surface area (Å²) in [5.41, 5.74) is -0.104. The number of nitrogens with zero attached hydrogens (tertiary/aromatic N) is 2. The zero-order valence-electron chi connectivity index (χ0n) is 14.9. The predicted octanol–water partition coefficient (Wildman–Crippen LogP) is 3.11. The molecular weight excluding hydrogens is 423 g/mol. The molecule has 0 saturated carbocycles. The third kappa shape index (κ3) is 6.01. The molecule has 2 N–H and O–H groups in total. The molecule has 2 unspecified atom stereocenters. The molecule has 1 fully saturated rings. The summed E-state index contributed by atoms with van der Waals surface area (Å²) in [6, 6.07) is 13.6. The van der Waals surface area contributed by atoms with Gasteiger partial charge in [-0.2, -0.15) is 5.26 Å². The monoisotopic (exact) mass is 442 g/mol. The lowest BCUT2D eigenvalue weighted by molar-refractivity contribution is -0.000502. The Morgan fingerprint density at radius 1 is 1.32 bits per heavy atom.